The van der Waals surface area contributed by atoms with Gasteiger partial charge in [-0.15, -0.1) is 0 Å². The van der Waals surface area contributed by atoms with E-state index in [1.807, 2.05) is 24.3 Å². The maximum atomic E-state index is 11.2. The second kappa shape index (κ2) is 7.61. The van der Waals surface area contributed by atoms with E-state index in [0.29, 0.717) is 22.7 Å². The summed E-state index contributed by atoms with van der Waals surface area (Å²) in [6.45, 7) is 0. The number of nitriles is 1. The van der Waals surface area contributed by atoms with Gasteiger partial charge in [-0.25, -0.2) is 4.79 Å². The van der Waals surface area contributed by atoms with Crippen LogP contribution in [-0.2, 0) is 0 Å². The average Bonchev–Trinajstić information content (AvgIpc) is 3.09. The number of carboxylic acid groups (broad SMARTS) is 1. The van der Waals surface area contributed by atoms with Gasteiger partial charge in [-0.3, -0.25) is 0 Å². The van der Waals surface area contributed by atoms with Gasteiger partial charge in [0, 0.05) is 10.0 Å². The Morgan fingerprint density at radius 3 is 2.54 bits per heavy atom. The molecule has 26 heavy (non-hydrogen) atoms. The van der Waals surface area contributed by atoms with Crippen LogP contribution in [0.15, 0.2) is 63.5 Å². The molecular weight excluding hydrogens is 418 g/mol. The largest absolute Gasteiger partial charge is 0.478 e. The van der Waals surface area contributed by atoms with Crippen molar-refractivity contribution in [1.82, 2.24) is 0 Å². The van der Waals surface area contributed by atoms with Crippen LogP contribution in [0.25, 0.3) is 23.0 Å². The molecule has 0 bridgehead atoms. The molecule has 4 nitrogen and oxygen atoms in total. The number of rotatable bonds is 4. The topological polar surface area (TPSA) is 74.2 Å². The molecule has 0 spiro atoms. The molecule has 3 rings (SSSR count). The molecule has 1 N–H and O–H groups in total. The highest BCUT2D eigenvalue weighted by atomic mass is 79.9. The first kappa shape index (κ1) is 18.0. The molecule has 0 aliphatic carbocycles. The van der Waals surface area contributed by atoms with Crippen molar-refractivity contribution in [3.8, 4) is 17.4 Å². The molecule has 0 aliphatic rings. The summed E-state index contributed by atoms with van der Waals surface area (Å²) in [6, 6.07) is 17.6. The van der Waals surface area contributed by atoms with Crippen molar-refractivity contribution in [3.63, 3.8) is 0 Å². The Morgan fingerprint density at radius 2 is 1.88 bits per heavy atom. The van der Waals surface area contributed by atoms with Gasteiger partial charge in [0.05, 0.1) is 22.2 Å². The van der Waals surface area contributed by atoms with E-state index < -0.39 is 5.97 Å². The monoisotopic (exact) mass is 427 g/mol. The van der Waals surface area contributed by atoms with E-state index in [-0.39, 0.29) is 10.6 Å². The summed E-state index contributed by atoms with van der Waals surface area (Å²) in [5, 5.41) is 18.7. The number of hydrogen-bond donors (Lipinski definition) is 1. The van der Waals surface area contributed by atoms with Crippen LogP contribution in [0.4, 0.5) is 0 Å². The minimum Gasteiger partial charge on any atom is -0.478 e. The van der Waals surface area contributed by atoms with Crippen molar-refractivity contribution >= 4 is 45.1 Å². The molecule has 0 saturated carbocycles. The number of hydrogen-bond acceptors (Lipinski definition) is 3. The smallest absolute Gasteiger partial charge is 0.337 e. The number of benzene rings is 2. The van der Waals surface area contributed by atoms with E-state index in [0.717, 1.165) is 10.0 Å². The molecule has 2 aromatic carbocycles. The standard InChI is InChI=1S/C20H11BrClNO3/c21-15-4-1-12(2-5-15)14(11-23)9-16-6-8-19(26-16)13-3-7-18(22)17(10-13)20(24)25/h1-10H,(H,24,25)/b14-9-. The summed E-state index contributed by atoms with van der Waals surface area (Å²) in [7, 11) is 0. The molecule has 0 radical (unpaired) electrons. The SMILES string of the molecule is N#C/C(=C/c1ccc(-c2ccc(Cl)c(C(=O)O)c2)o1)c1ccc(Br)cc1. The molecule has 0 saturated heterocycles. The third-order valence-corrected chi connectivity index (χ3v) is 4.53. The van der Waals surface area contributed by atoms with Crippen molar-refractivity contribution < 1.29 is 14.3 Å². The lowest BCUT2D eigenvalue weighted by Crippen LogP contribution is -1.97. The molecule has 1 heterocycles. The fourth-order valence-electron chi connectivity index (χ4n) is 2.38. The van der Waals surface area contributed by atoms with Crippen LogP contribution in [-0.4, -0.2) is 11.1 Å². The van der Waals surface area contributed by atoms with Gasteiger partial charge in [-0.05, 0) is 54.1 Å². The molecule has 3 aromatic rings. The maximum absolute atomic E-state index is 11.2. The van der Waals surface area contributed by atoms with E-state index in [9.17, 15) is 15.2 Å². The van der Waals surface area contributed by atoms with E-state index in [4.69, 9.17) is 16.0 Å². The summed E-state index contributed by atoms with van der Waals surface area (Å²) >= 11 is 9.25. The second-order valence-electron chi connectivity index (χ2n) is 5.38. The number of carbonyl (C=O) groups is 1. The number of carboxylic acids is 1. The zero-order chi connectivity index (χ0) is 18.7. The lowest BCUT2D eigenvalue weighted by atomic mass is 10.1. The summed E-state index contributed by atoms with van der Waals surface area (Å²) < 4.78 is 6.68. The van der Waals surface area contributed by atoms with Gasteiger partial charge in [0.1, 0.15) is 11.5 Å². The molecule has 1 aromatic heterocycles. The second-order valence-corrected chi connectivity index (χ2v) is 6.70. The Balaban J connectivity index is 1.95. The minimum absolute atomic E-state index is 0.00485. The maximum Gasteiger partial charge on any atom is 0.337 e. The molecule has 6 heteroatoms. The molecular formula is C20H11BrClNO3. The fraction of sp³-hybridized carbons (Fsp3) is 0. The van der Waals surface area contributed by atoms with Gasteiger partial charge >= 0.3 is 5.97 Å². The predicted molar refractivity (Wildman–Crippen MR) is 104 cm³/mol. The first-order valence-electron chi connectivity index (χ1n) is 7.48. The van der Waals surface area contributed by atoms with E-state index in [1.165, 1.54) is 12.1 Å². The lowest BCUT2D eigenvalue weighted by Gasteiger charge is -2.02. The molecule has 0 aliphatic heterocycles. The van der Waals surface area contributed by atoms with Gasteiger partial charge in [0.15, 0.2) is 0 Å². The number of allylic oxidation sites excluding steroid dienone is 1. The quantitative estimate of drug-likeness (QED) is 0.508. The van der Waals surface area contributed by atoms with Crippen LogP contribution in [0.5, 0.6) is 0 Å². The van der Waals surface area contributed by atoms with Crippen LogP contribution in [0, 0.1) is 11.3 Å². The van der Waals surface area contributed by atoms with Crippen molar-refractivity contribution in [3.05, 3.63) is 81.0 Å². The predicted octanol–water partition coefficient (Wildman–Crippen LogP) is 6.12. The van der Waals surface area contributed by atoms with Crippen LogP contribution in [0.2, 0.25) is 5.02 Å². The van der Waals surface area contributed by atoms with Gasteiger partial charge in [-0.2, -0.15) is 5.26 Å². The van der Waals surface area contributed by atoms with Crippen molar-refractivity contribution in [2.45, 2.75) is 0 Å². The highest BCUT2D eigenvalue weighted by molar-refractivity contribution is 9.10. The number of halogens is 2. The fourth-order valence-corrected chi connectivity index (χ4v) is 2.84. The summed E-state index contributed by atoms with van der Waals surface area (Å²) in [6.07, 6.45) is 1.64. The van der Waals surface area contributed by atoms with E-state index in [2.05, 4.69) is 22.0 Å². The normalized spacial score (nSPS) is 11.2. The highest BCUT2D eigenvalue weighted by Gasteiger charge is 2.12. The van der Waals surface area contributed by atoms with Gasteiger partial charge in [-0.1, -0.05) is 39.7 Å². The van der Waals surface area contributed by atoms with E-state index in [1.54, 1.807) is 24.3 Å². The first-order chi connectivity index (χ1) is 12.5. The van der Waals surface area contributed by atoms with Gasteiger partial charge < -0.3 is 9.52 Å². The number of nitrogens with zero attached hydrogens (tertiary/aromatic N) is 1. The van der Waals surface area contributed by atoms with Crippen LogP contribution >= 0.6 is 27.5 Å². The molecule has 0 atom stereocenters. The zero-order valence-electron chi connectivity index (χ0n) is 13.2. The van der Waals surface area contributed by atoms with Crippen LogP contribution < -0.4 is 0 Å². The molecule has 128 valence electrons. The Kier molecular flexibility index (Phi) is 5.27. The zero-order valence-corrected chi connectivity index (χ0v) is 15.6. The third-order valence-electron chi connectivity index (χ3n) is 3.67. The lowest BCUT2D eigenvalue weighted by molar-refractivity contribution is 0.0697. The van der Waals surface area contributed by atoms with Gasteiger partial charge in [0.2, 0.25) is 0 Å². The van der Waals surface area contributed by atoms with Crippen LogP contribution in [0.3, 0.4) is 0 Å². The number of furan rings is 1. The minimum atomic E-state index is -1.11. The average molecular weight is 429 g/mol. The Bertz CT molecular complexity index is 1050. The summed E-state index contributed by atoms with van der Waals surface area (Å²) in [4.78, 5) is 11.2. The Hall–Kier alpha value is -2.81. The van der Waals surface area contributed by atoms with E-state index >= 15 is 0 Å². The van der Waals surface area contributed by atoms with Crippen molar-refractivity contribution in [1.29, 1.82) is 5.26 Å². The molecule has 0 amide bonds. The Morgan fingerprint density at radius 1 is 1.15 bits per heavy atom. The summed E-state index contributed by atoms with van der Waals surface area (Å²) in [5.74, 6) is -0.125. The van der Waals surface area contributed by atoms with Crippen molar-refractivity contribution in [2.24, 2.45) is 0 Å². The Labute approximate surface area is 163 Å². The molecule has 0 fully saturated rings. The number of aromatic carboxylic acids is 1. The van der Waals surface area contributed by atoms with Crippen molar-refractivity contribution in [2.75, 3.05) is 0 Å². The highest BCUT2D eigenvalue weighted by Crippen LogP contribution is 2.28. The third kappa shape index (κ3) is 3.88. The summed E-state index contributed by atoms with van der Waals surface area (Å²) in [5.41, 5.74) is 1.83. The van der Waals surface area contributed by atoms with Crippen LogP contribution in [0.1, 0.15) is 21.7 Å². The van der Waals surface area contributed by atoms with Gasteiger partial charge in [0.25, 0.3) is 0 Å². The molecule has 0 unspecified atom stereocenters. The first-order valence-corrected chi connectivity index (χ1v) is 8.66.